The van der Waals surface area contributed by atoms with Gasteiger partial charge in [0.25, 0.3) is 11.6 Å². The molecule has 0 unspecified atom stereocenters. The first-order valence-electron chi connectivity index (χ1n) is 4.80. The van der Waals surface area contributed by atoms with Gasteiger partial charge in [0.15, 0.2) is 0 Å². The van der Waals surface area contributed by atoms with Crippen molar-refractivity contribution in [3.8, 4) is 0 Å². The normalized spacial score (nSPS) is 15.1. The number of hydrogen-bond acceptors (Lipinski definition) is 4. The lowest BCUT2D eigenvalue weighted by Crippen LogP contribution is -2.27. The zero-order valence-corrected chi connectivity index (χ0v) is 9.27. The average Bonchev–Trinajstić information content (AvgIpc) is 2.81. The molecule has 0 saturated carbocycles. The number of non-ortho nitro benzene ring substituents is 1. The molecule has 2 rings (SSSR count). The molecular weight excluding hydrogens is 228 g/mol. The van der Waals surface area contributed by atoms with E-state index < -0.39 is 4.92 Å². The minimum atomic E-state index is -0.491. The Morgan fingerprint density at radius 2 is 2.31 bits per heavy atom. The molecule has 1 heterocycles. The van der Waals surface area contributed by atoms with Gasteiger partial charge in [-0.3, -0.25) is 14.9 Å². The topological polar surface area (TPSA) is 63.4 Å². The molecule has 1 aliphatic rings. The first kappa shape index (κ1) is 10.9. The van der Waals surface area contributed by atoms with E-state index in [0.29, 0.717) is 18.0 Å². The lowest BCUT2D eigenvalue weighted by Gasteiger charge is -2.13. The third-order valence-corrected chi connectivity index (χ3v) is 3.31. The SMILES string of the molecule is O=C(c1cccc([N+](=O)[O-])c1)N1CCSC1. The number of nitrogens with zero attached hydrogens (tertiary/aromatic N) is 2. The first-order chi connectivity index (χ1) is 7.68. The molecule has 1 aliphatic heterocycles. The summed E-state index contributed by atoms with van der Waals surface area (Å²) in [5, 5.41) is 10.6. The molecule has 0 aromatic heterocycles. The van der Waals surface area contributed by atoms with E-state index >= 15 is 0 Å². The highest BCUT2D eigenvalue weighted by atomic mass is 32.2. The van der Waals surface area contributed by atoms with Gasteiger partial charge in [0.1, 0.15) is 0 Å². The van der Waals surface area contributed by atoms with Crippen LogP contribution < -0.4 is 0 Å². The molecular formula is C10H10N2O3S. The van der Waals surface area contributed by atoms with E-state index in [4.69, 9.17) is 0 Å². The molecule has 1 fully saturated rings. The first-order valence-corrected chi connectivity index (χ1v) is 5.95. The van der Waals surface area contributed by atoms with Crippen LogP contribution in [-0.4, -0.2) is 33.9 Å². The minimum absolute atomic E-state index is 0.0438. The zero-order valence-electron chi connectivity index (χ0n) is 8.46. The van der Waals surface area contributed by atoms with Crippen molar-refractivity contribution in [2.24, 2.45) is 0 Å². The fourth-order valence-corrected chi connectivity index (χ4v) is 2.45. The maximum absolute atomic E-state index is 11.9. The summed E-state index contributed by atoms with van der Waals surface area (Å²) in [6.45, 7) is 0.714. The predicted molar refractivity (Wildman–Crippen MR) is 61.5 cm³/mol. The second-order valence-electron chi connectivity index (χ2n) is 3.41. The van der Waals surface area contributed by atoms with Gasteiger partial charge in [-0.15, -0.1) is 11.8 Å². The Balaban J connectivity index is 2.22. The molecule has 0 aliphatic carbocycles. The van der Waals surface area contributed by atoms with Crippen LogP contribution in [0.1, 0.15) is 10.4 Å². The van der Waals surface area contributed by atoms with Crippen LogP contribution >= 0.6 is 11.8 Å². The standard InChI is InChI=1S/C10H10N2O3S/c13-10(11-4-5-16-7-11)8-2-1-3-9(6-8)12(14)15/h1-3,6H,4-5,7H2. The summed E-state index contributed by atoms with van der Waals surface area (Å²) < 4.78 is 0. The second-order valence-corrected chi connectivity index (χ2v) is 4.49. The fraction of sp³-hybridized carbons (Fsp3) is 0.300. The van der Waals surface area contributed by atoms with E-state index in [1.54, 1.807) is 22.7 Å². The van der Waals surface area contributed by atoms with E-state index in [1.165, 1.54) is 18.2 Å². The molecule has 0 bridgehead atoms. The summed E-state index contributed by atoms with van der Waals surface area (Å²) >= 11 is 1.69. The highest BCUT2D eigenvalue weighted by Crippen LogP contribution is 2.19. The molecule has 0 spiro atoms. The van der Waals surface area contributed by atoms with E-state index in [0.717, 1.165) is 5.75 Å². The number of nitro benzene ring substituents is 1. The Morgan fingerprint density at radius 3 is 2.94 bits per heavy atom. The molecule has 0 atom stereocenters. The van der Waals surface area contributed by atoms with Gasteiger partial charge in [-0.1, -0.05) is 6.07 Å². The molecule has 5 nitrogen and oxygen atoms in total. The molecule has 84 valence electrons. The van der Waals surface area contributed by atoms with E-state index in [2.05, 4.69) is 0 Å². The highest BCUT2D eigenvalue weighted by molar-refractivity contribution is 7.99. The monoisotopic (exact) mass is 238 g/mol. The Kier molecular flexibility index (Phi) is 3.09. The van der Waals surface area contributed by atoms with Gasteiger partial charge in [0.2, 0.25) is 0 Å². The number of rotatable bonds is 2. The molecule has 1 aromatic carbocycles. The number of amides is 1. The molecule has 16 heavy (non-hydrogen) atoms. The van der Waals surface area contributed by atoms with Crippen molar-refractivity contribution < 1.29 is 9.72 Å². The van der Waals surface area contributed by atoms with Crippen molar-refractivity contribution in [1.29, 1.82) is 0 Å². The van der Waals surface area contributed by atoms with Gasteiger partial charge in [0.05, 0.1) is 10.8 Å². The molecule has 1 aromatic rings. The van der Waals surface area contributed by atoms with Crippen LogP contribution in [0, 0.1) is 10.1 Å². The number of benzene rings is 1. The number of carbonyl (C=O) groups is 1. The van der Waals surface area contributed by atoms with Crippen LogP contribution in [0.3, 0.4) is 0 Å². The van der Waals surface area contributed by atoms with Gasteiger partial charge < -0.3 is 4.90 Å². The van der Waals surface area contributed by atoms with Crippen molar-refractivity contribution in [3.63, 3.8) is 0 Å². The molecule has 0 N–H and O–H groups in total. The maximum Gasteiger partial charge on any atom is 0.270 e. The summed E-state index contributed by atoms with van der Waals surface area (Å²) in [7, 11) is 0. The van der Waals surface area contributed by atoms with Crippen LogP contribution in [-0.2, 0) is 0 Å². The second kappa shape index (κ2) is 4.52. The van der Waals surface area contributed by atoms with Crippen molar-refractivity contribution >= 4 is 23.4 Å². The molecule has 1 saturated heterocycles. The van der Waals surface area contributed by atoms with Crippen LogP contribution in [0.5, 0.6) is 0 Å². The number of hydrogen-bond donors (Lipinski definition) is 0. The van der Waals surface area contributed by atoms with Crippen molar-refractivity contribution in [1.82, 2.24) is 4.90 Å². The quantitative estimate of drug-likeness (QED) is 0.581. The Labute approximate surface area is 96.6 Å². The summed E-state index contributed by atoms with van der Waals surface area (Å²) in [6, 6.07) is 5.85. The van der Waals surface area contributed by atoms with E-state index in [9.17, 15) is 14.9 Å². The predicted octanol–water partition coefficient (Wildman–Crippen LogP) is 1.74. The van der Waals surface area contributed by atoms with Crippen LogP contribution in [0.25, 0.3) is 0 Å². The van der Waals surface area contributed by atoms with Crippen LogP contribution in [0.15, 0.2) is 24.3 Å². The van der Waals surface area contributed by atoms with Gasteiger partial charge in [-0.2, -0.15) is 0 Å². The van der Waals surface area contributed by atoms with Crippen molar-refractivity contribution in [2.45, 2.75) is 0 Å². The summed E-state index contributed by atoms with van der Waals surface area (Å²) in [4.78, 5) is 23.7. The molecule has 6 heteroatoms. The van der Waals surface area contributed by atoms with E-state index in [1.807, 2.05) is 0 Å². The average molecular weight is 238 g/mol. The van der Waals surface area contributed by atoms with Crippen molar-refractivity contribution in [3.05, 3.63) is 39.9 Å². The zero-order chi connectivity index (χ0) is 11.5. The van der Waals surface area contributed by atoms with Crippen LogP contribution in [0.2, 0.25) is 0 Å². The molecule has 0 radical (unpaired) electrons. The van der Waals surface area contributed by atoms with Gasteiger partial charge in [0, 0.05) is 30.0 Å². The number of nitro groups is 1. The minimum Gasteiger partial charge on any atom is -0.329 e. The lowest BCUT2D eigenvalue weighted by atomic mass is 10.2. The number of thioether (sulfide) groups is 1. The van der Waals surface area contributed by atoms with Crippen LogP contribution in [0.4, 0.5) is 5.69 Å². The number of carbonyl (C=O) groups excluding carboxylic acids is 1. The Bertz CT molecular complexity index is 430. The third kappa shape index (κ3) is 2.16. The Morgan fingerprint density at radius 1 is 1.50 bits per heavy atom. The third-order valence-electron chi connectivity index (χ3n) is 2.34. The summed E-state index contributed by atoms with van der Waals surface area (Å²) in [5.74, 6) is 1.47. The maximum atomic E-state index is 11.9. The van der Waals surface area contributed by atoms with Gasteiger partial charge >= 0.3 is 0 Å². The fourth-order valence-electron chi connectivity index (χ4n) is 1.51. The largest absolute Gasteiger partial charge is 0.329 e. The van der Waals surface area contributed by atoms with Crippen molar-refractivity contribution in [2.75, 3.05) is 18.2 Å². The lowest BCUT2D eigenvalue weighted by molar-refractivity contribution is -0.384. The van der Waals surface area contributed by atoms with Gasteiger partial charge in [-0.05, 0) is 6.07 Å². The molecule has 1 amide bonds. The summed E-state index contributed by atoms with van der Waals surface area (Å²) in [5.41, 5.74) is 0.342. The van der Waals surface area contributed by atoms with E-state index in [-0.39, 0.29) is 11.6 Å². The smallest absolute Gasteiger partial charge is 0.270 e. The highest BCUT2D eigenvalue weighted by Gasteiger charge is 2.21. The van der Waals surface area contributed by atoms with Gasteiger partial charge in [-0.25, -0.2) is 0 Å². The summed E-state index contributed by atoms with van der Waals surface area (Å²) in [6.07, 6.45) is 0. The Hall–Kier alpha value is -1.56.